The van der Waals surface area contributed by atoms with Crippen molar-refractivity contribution in [3.63, 3.8) is 0 Å². The van der Waals surface area contributed by atoms with Crippen molar-refractivity contribution in [3.05, 3.63) is 54.1 Å². The molecule has 4 rings (SSSR count). The third kappa shape index (κ3) is 4.64. The molecule has 2 heterocycles. The van der Waals surface area contributed by atoms with E-state index in [0.717, 1.165) is 5.56 Å². The zero-order valence-corrected chi connectivity index (χ0v) is 17.8. The molecule has 3 aromatic rings. The highest BCUT2D eigenvalue weighted by Gasteiger charge is 2.33. The van der Waals surface area contributed by atoms with Crippen molar-refractivity contribution in [3.8, 4) is 11.5 Å². The summed E-state index contributed by atoms with van der Waals surface area (Å²) in [6, 6.07) is 14.2. The molecule has 0 saturated heterocycles. The van der Waals surface area contributed by atoms with Crippen LogP contribution < -0.4 is 20.1 Å². The van der Waals surface area contributed by atoms with Crippen LogP contribution in [0.2, 0.25) is 0 Å². The van der Waals surface area contributed by atoms with Gasteiger partial charge in [0, 0.05) is 11.8 Å². The van der Waals surface area contributed by atoms with E-state index in [4.69, 9.17) is 9.47 Å². The maximum atomic E-state index is 13.0. The van der Waals surface area contributed by atoms with Crippen molar-refractivity contribution in [2.24, 2.45) is 0 Å². The minimum absolute atomic E-state index is 0.0444. The van der Waals surface area contributed by atoms with Crippen LogP contribution in [0.25, 0.3) is 0 Å². The normalized spacial score (nSPS) is 15.0. The molecule has 2 aromatic carbocycles. The van der Waals surface area contributed by atoms with E-state index in [1.807, 2.05) is 30.3 Å². The number of nitrogens with one attached hydrogen (secondary N) is 2. The number of anilines is 2. The standard InChI is InChI=1S/C21H21N5O4S/c1-29-14-8-9-17(30-2)15(10-14)22-19(28)16-11-18(27)23-20-24-21(25-26(16)20)31-12-13-6-4-3-5-7-13/h3-10,16H,11-12H2,1-2H3,(H,22,28)(H,23,24,25,27). The molecular formula is C21H21N5O4S. The van der Waals surface area contributed by atoms with E-state index in [1.165, 1.54) is 30.7 Å². The number of aromatic nitrogens is 3. The van der Waals surface area contributed by atoms with Crippen molar-refractivity contribution in [2.45, 2.75) is 23.4 Å². The Labute approximate surface area is 183 Å². The number of thioether (sulfide) groups is 1. The number of ether oxygens (including phenoxy) is 2. The molecule has 1 aliphatic rings. The smallest absolute Gasteiger partial charge is 0.250 e. The van der Waals surface area contributed by atoms with Gasteiger partial charge in [0.25, 0.3) is 0 Å². The molecular weight excluding hydrogens is 418 g/mol. The van der Waals surface area contributed by atoms with Gasteiger partial charge in [-0.1, -0.05) is 42.1 Å². The Hall–Kier alpha value is -3.53. The van der Waals surface area contributed by atoms with Crippen molar-refractivity contribution in [1.29, 1.82) is 0 Å². The SMILES string of the molecule is COc1ccc(OC)c(NC(=O)C2CC(=O)Nc3nc(SCc4ccccc4)nn32)c1. The van der Waals surface area contributed by atoms with Gasteiger partial charge in [-0.05, 0) is 17.7 Å². The monoisotopic (exact) mass is 439 g/mol. The predicted molar refractivity (Wildman–Crippen MR) is 116 cm³/mol. The first-order valence-corrected chi connectivity index (χ1v) is 10.5. The van der Waals surface area contributed by atoms with Crippen LogP contribution in [0, 0.1) is 0 Å². The molecule has 1 aliphatic heterocycles. The van der Waals surface area contributed by atoms with Crippen LogP contribution in [0.15, 0.2) is 53.7 Å². The zero-order chi connectivity index (χ0) is 21.8. The number of hydrogen-bond donors (Lipinski definition) is 2. The molecule has 0 radical (unpaired) electrons. The van der Waals surface area contributed by atoms with E-state index in [2.05, 4.69) is 20.7 Å². The number of carbonyl (C=O) groups is 2. The third-order valence-corrected chi connectivity index (χ3v) is 5.62. The lowest BCUT2D eigenvalue weighted by molar-refractivity contribution is -0.125. The van der Waals surface area contributed by atoms with Crippen LogP contribution in [-0.4, -0.2) is 40.8 Å². The Bertz CT molecular complexity index is 1100. The maximum Gasteiger partial charge on any atom is 0.250 e. The fourth-order valence-corrected chi connectivity index (χ4v) is 3.94. The van der Waals surface area contributed by atoms with Crippen LogP contribution in [0.4, 0.5) is 11.6 Å². The third-order valence-electron chi connectivity index (χ3n) is 4.71. The van der Waals surface area contributed by atoms with Crippen molar-refractivity contribution < 1.29 is 19.1 Å². The summed E-state index contributed by atoms with van der Waals surface area (Å²) in [6.07, 6.45) is -0.0444. The van der Waals surface area contributed by atoms with Crippen LogP contribution in [0.3, 0.4) is 0 Å². The number of nitrogens with zero attached hydrogens (tertiary/aromatic N) is 3. The van der Waals surface area contributed by atoms with Crippen LogP contribution in [0.5, 0.6) is 11.5 Å². The lowest BCUT2D eigenvalue weighted by Crippen LogP contribution is -2.36. The van der Waals surface area contributed by atoms with Gasteiger partial charge in [-0.3, -0.25) is 14.9 Å². The first-order chi connectivity index (χ1) is 15.1. The molecule has 0 spiro atoms. The molecule has 31 heavy (non-hydrogen) atoms. The first-order valence-electron chi connectivity index (χ1n) is 9.53. The highest BCUT2D eigenvalue weighted by Crippen LogP contribution is 2.32. The number of amides is 2. The van der Waals surface area contributed by atoms with Crippen molar-refractivity contribution >= 4 is 35.2 Å². The number of fused-ring (bicyclic) bond motifs is 1. The first kappa shape index (κ1) is 20.7. The highest BCUT2D eigenvalue weighted by molar-refractivity contribution is 7.98. The Morgan fingerprint density at radius 2 is 2.03 bits per heavy atom. The summed E-state index contributed by atoms with van der Waals surface area (Å²) in [6.45, 7) is 0. The minimum Gasteiger partial charge on any atom is -0.497 e. The fraction of sp³-hybridized carbons (Fsp3) is 0.238. The Morgan fingerprint density at radius 3 is 2.77 bits per heavy atom. The lowest BCUT2D eigenvalue weighted by Gasteiger charge is -2.23. The van der Waals surface area contributed by atoms with E-state index in [0.29, 0.717) is 28.1 Å². The molecule has 160 valence electrons. The Kier molecular flexibility index (Phi) is 6.08. The van der Waals surface area contributed by atoms with E-state index in [1.54, 1.807) is 18.2 Å². The predicted octanol–water partition coefficient (Wildman–Crippen LogP) is 3.11. The summed E-state index contributed by atoms with van der Waals surface area (Å²) in [5.41, 5.74) is 1.57. The molecule has 0 bridgehead atoms. The van der Waals surface area contributed by atoms with E-state index < -0.39 is 11.9 Å². The van der Waals surface area contributed by atoms with Gasteiger partial charge >= 0.3 is 0 Å². The number of benzene rings is 2. The van der Waals surface area contributed by atoms with Crippen LogP contribution in [-0.2, 0) is 15.3 Å². The highest BCUT2D eigenvalue weighted by atomic mass is 32.2. The second-order valence-corrected chi connectivity index (χ2v) is 7.70. The van der Waals surface area contributed by atoms with Gasteiger partial charge in [0.05, 0.1) is 26.3 Å². The number of methoxy groups -OCH3 is 2. The van der Waals surface area contributed by atoms with Gasteiger partial charge < -0.3 is 14.8 Å². The average Bonchev–Trinajstić information content (AvgIpc) is 3.20. The molecule has 10 heteroatoms. The van der Waals surface area contributed by atoms with Gasteiger partial charge in [-0.2, -0.15) is 4.98 Å². The summed E-state index contributed by atoms with van der Waals surface area (Å²) in [4.78, 5) is 29.6. The van der Waals surface area contributed by atoms with E-state index in [9.17, 15) is 9.59 Å². The lowest BCUT2D eigenvalue weighted by atomic mass is 10.1. The zero-order valence-electron chi connectivity index (χ0n) is 17.0. The summed E-state index contributed by atoms with van der Waals surface area (Å²) >= 11 is 1.43. The largest absolute Gasteiger partial charge is 0.497 e. The summed E-state index contributed by atoms with van der Waals surface area (Å²) in [5, 5.41) is 10.4. The molecule has 2 N–H and O–H groups in total. The van der Waals surface area contributed by atoms with Gasteiger partial charge in [-0.25, -0.2) is 4.68 Å². The Morgan fingerprint density at radius 1 is 1.23 bits per heavy atom. The van der Waals surface area contributed by atoms with Crippen LogP contribution in [0.1, 0.15) is 18.0 Å². The van der Waals surface area contributed by atoms with Gasteiger partial charge in [0.2, 0.25) is 22.9 Å². The van der Waals surface area contributed by atoms with Gasteiger partial charge in [0.15, 0.2) is 0 Å². The molecule has 2 amide bonds. The minimum atomic E-state index is -0.835. The summed E-state index contributed by atoms with van der Waals surface area (Å²) < 4.78 is 12.0. The number of hydrogen-bond acceptors (Lipinski definition) is 7. The second kappa shape index (κ2) is 9.09. The van der Waals surface area contributed by atoms with Crippen molar-refractivity contribution in [2.75, 3.05) is 24.9 Å². The molecule has 0 aliphatic carbocycles. The summed E-state index contributed by atoms with van der Waals surface area (Å²) in [7, 11) is 3.05. The van der Waals surface area contributed by atoms with Crippen LogP contribution >= 0.6 is 11.8 Å². The quantitative estimate of drug-likeness (QED) is 0.545. The van der Waals surface area contributed by atoms with Gasteiger partial charge in [-0.15, -0.1) is 5.10 Å². The van der Waals surface area contributed by atoms with Gasteiger partial charge in [0.1, 0.15) is 17.5 Å². The van der Waals surface area contributed by atoms with Crippen molar-refractivity contribution in [1.82, 2.24) is 14.8 Å². The molecule has 1 atom stereocenters. The molecule has 0 saturated carbocycles. The number of carbonyl (C=O) groups excluding carboxylic acids is 2. The average molecular weight is 439 g/mol. The Balaban J connectivity index is 1.54. The molecule has 9 nitrogen and oxygen atoms in total. The molecule has 1 aromatic heterocycles. The van der Waals surface area contributed by atoms with E-state index in [-0.39, 0.29) is 18.3 Å². The van der Waals surface area contributed by atoms with E-state index >= 15 is 0 Å². The number of rotatable bonds is 7. The second-order valence-electron chi connectivity index (χ2n) is 6.76. The summed E-state index contributed by atoms with van der Waals surface area (Å²) in [5.74, 6) is 1.29. The fourth-order valence-electron chi connectivity index (χ4n) is 3.16. The topological polar surface area (TPSA) is 107 Å². The molecule has 0 fully saturated rings. The molecule has 1 unspecified atom stereocenters. The maximum absolute atomic E-state index is 13.0.